The van der Waals surface area contributed by atoms with Crippen molar-refractivity contribution >= 4 is 21.4 Å². The first-order valence-electron chi connectivity index (χ1n) is 6.70. The van der Waals surface area contributed by atoms with E-state index in [9.17, 15) is 8.42 Å². The zero-order valence-corrected chi connectivity index (χ0v) is 14.0. The molecule has 0 aliphatic carbocycles. The number of furan rings is 1. The van der Waals surface area contributed by atoms with E-state index in [2.05, 4.69) is 5.32 Å². The van der Waals surface area contributed by atoms with Crippen LogP contribution in [0.1, 0.15) is 24.5 Å². The smallest absolute Gasteiger partial charge is 0.276 e. The molecule has 2 heterocycles. The van der Waals surface area contributed by atoms with Crippen molar-refractivity contribution in [1.29, 1.82) is 0 Å². The molecule has 0 unspecified atom stereocenters. The van der Waals surface area contributed by atoms with E-state index in [1.807, 2.05) is 31.4 Å². The van der Waals surface area contributed by atoms with Gasteiger partial charge in [0, 0.05) is 24.5 Å². The van der Waals surface area contributed by atoms with Gasteiger partial charge in [-0.25, -0.2) is 8.42 Å². The van der Waals surface area contributed by atoms with Crippen molar-refractivity contribution in [3.8, 4) is 0 Å². The summed E-state index contributed by atoms with van der Waals surface area (Å²) < 4.78 is 31.6. The molecule has 2 aromatic heterocycles. The van der Waals surface area contributed by atoms with E-state index in [4.69, 9.17) is 4.42 Å². The van der Waals surface area contributed by atoms with Gasteiger partial charge in [0.25, 0.3) is 10.0 Å². The van der Waals surface area contributed by atoms with Crippen molar-refractivity contribution in [2.45, 2.75) is 38.1 Å². The summed E-state index contributed by atoms with van der Waals surface area (Å²) in [6.45, 7) is 4.91. The van der Waals surface area contributed by atoms with Crippen molar-refractivity contribution in [3.63, 3.8) is 0 Å². The van der Waals surface area contributed by atoms with Gasteiger partial charge in [0.15, 0.2) is 0 Å². The molecule has 0 aromatic carbocycles. The van der Waals surface area contributed by atoms with Crippen molar-refractivity contribution in [1.82, 2.24) is 9.62 Å². The normalized spacial score (nSPS) is 12.4. The van der Waals surface area contributed by atoms with E-state index < -0.39 is 10.0 Å². The molecule has 7 heteroatoms. The first-order chi connectivity index (χ1) is 9.89. The summed E-state index contributed by atoms with van der Waals surface area (Å²) in [7, 11) is -2.03. The minimum absolute atomic E-state index is 0.0119. The Bertz CT molecular complexity index is 660. The zero-order valence-electron chi connectivity index (χ0n) is 12.4. The van der Waals surface area contributed by atoms with Crippen molar-refractivity contribution in [3.05, 3.63) is 40.3 Å². The monoisotopic (exact) mass is 328 g/mol. The van der Waals surface area contributed by atoms with Gasteiger partial charge in [-0.1, -0.05) is 19.9 Å². The lowest BCUT2D eigenvalue weighted by Gasteiger charge is -2.14. The molecule has 0 aliphatic rings. The van der Waals surface area contributed by atoms with Crippen LogP contribution in [0.5, 0.6) is 0 Å². The Kier molecular flexibility index (Phi) is 5.21. The molecule has 2 rings (SSSR count). The van der Waals surface area contributed by atoms with Crippen LogP contribution in [0.4, 0.5) is 0 Å². The first kappa shape index (κ1) is 16.2. The number of nitrogens with one attached hydrogen (secondary N) is 1. The molecule has 0 atom stereocenters. The number of nitrogens with zero attached hydrogens (tertiary/aromatic N) is 1. The molecular formula is C14H20N2O3S2. The quantitative estimate of drug-likeness (QED) is 0.849. The highest BCUT2D eigenvalue weighted by Gasteiger charge is 2.25. The molecule has 21 heavy (non-hydrogen) atoms. The number of thiophene rings is 1. The van der Waals surface area contributed by atoms with Gasteiger partial charge in [0.1, 0.15) is 5.76 Å². The van der Waals surface area contributed by atoms with Gasteiger partial charge in [0.05, 0.1) is 6.54 Å². The standard InChI is InChI=1S/C14H20N2O3S2/c1-11(2)15-9-12-6-7-14(19-12)21(17,18)16(3)10-13-5-4-8-20-13/h4-8,11,15H,9-10H2,1-3H3. The molecule has 0 radical (unpaired) electrons. The molecule has 0 saturated carbocycles. The molecule has 1 N–H and O–H groups in total. The topological polar surface area (TPSA) is 62.6 Å². The van der Waals surface area contributed by atoms with E-state index in [0.29, 0.717) is 24.9 Å². The van der Waals surface area contributed by atoms with Gasteiger partial charge in [0.2, 0.25) is 5.09 Å². The molecule has 2 aromatic rings. The lowest BCUT2D eigenvalue weighted by Crippen LogP contribution is -2.25. The van der Waals surface area contributed by atoms with Gasteiger partial charge in [-0.15, -0.1) is 11.3 Å². The third-order valence-electron chi connectivity index (χ3n) is 2.94. The van der Waals surface area contributed by atoms with Crippen LogP contribution in [0.15, 0.2) is 39.2 Å². The molecule has 116 valence electrons. The molecule has 5 nitrogen and oxygen atoms in total. The van der Waals surface area contributed by atoms with Gasteiger partial charge >= 0.3 is 0 Å². The van der Waals surface area contributed by atoms with Crippen molar-refractivity contribution < 1.29 is 12.8 Å². The summed E-state index contributed by atoms with van der Waals surface area (Å²) in [5, 5.41) is 5.11. The predicted octanol–water partition coefficient (Wildman–Crippen LogP) is 2.66. The second-order valence-electron chi connectivity index (χ2n) is 5.10. The lowest BCUT2D eigenvalue weighted by molar-refractivity contribution is 0.375. The second kappa shape index (κ2) is 6.74. The summed E-state index contributed by atoms with van der Waals surface area (Å²) in [5.41, 5.74) is 0. The minimum Gasteiger partial charge on any atom is -0.447 e. The number of rotatable bonds is 7. The van der Waals surface area contributed by atoms with E-state index in [0.717, 1.165) is 4.88 Å². The maximum Gasteiger partial charge on any atom is 0.276 e. The molecule has 0 fully saturated rings. The first-order valence-corrected chi connectivity index (χ1v) is 9.02. The van der Waals surface area contributed by atoms with Crippen LogP contribution in [-0.2, 0) is 23.1 Å². The number of hydrogen-bond donors (Lipinski definition) is 1. The predicted molar refractivity (Wildman–Crippen MR) is 83.7 cm³/mol. The maximum absolute atomic E-state index is 12.4. The Morgan fingerprint density at radius 1 is 1.33 bits per heavy atom. The van der Waals surface area contributed by atoms with Crippen LogP contribution in [0.2, 0.25) is 0 Å². The summed E-state index contributed by atoms with van der Waals surface area (Å²) in [5.74, 6) is 0.617. The average Bonchev–Trinajstić information content (AvgIpc) is 3.07. The van der Waals surface area contributed by atoms with Crippen LogP contribution in [0, 0.1) is 0 Å². The summed E-state index contributed by atoms with van der Waals surface area (Å²) in [6.07, 6.45) is 0. The molecule has 0 amide bonds. The average molecular weight is 328 g/mol. The Labute approximate surface area is 129 Å². The van der Waals surface area contributed by atoms with Crippen LogP contribution < -0.4 is 5.32 Å². The molecular weight excluding hydrogens is 308 g/mol. The van der Waals surface area contributed by atoms with E-state index in [1.165, 1.54) is 21.7 Å². The molecule has 0 spiro atoms. The fourth-order valence-electron chi connectivity index (χ4n) is 1.76. The minimum atomic E-state index is -3.59. The third-order valence-corrected chi connectivity index (χ3v) is 5.48. The Balaban J connectivity index is 2.08. The fourth-order valence-corrected chi connectivity index (χ4v) is 3.66. The zero-order chi connectivity index (χ0) is 15.5. The van der Waals surface area contributed by atoms with Crippen molar-refractivity contribution in [2.75, 3.05) is 7.05 Å². The third kappa shape index (κ3) is 4.16. The van der Waals surface area contributed by atoms with E-state index >= 15 is 0 Å². The van der Waals surface area contributed by atoms with Gasteiger partial charge in [-0.3, -0.25) is 0 Å². The Morgan fingerprint density at radius 3 is 2.71 bits per heavy atom. The Hall–Kier alpha value is -1.15. The van der Waals surface area contributed by atoms with E-state index in [1.54, 1.807) is 13.1 Å². The van der Waals surface area contributed by atoms with Gasteiger partial charge in [-0.2, -0.15) is 4.31 Å². The van der Waals surface area contributed by atoms with Crippen LogP contribution in [0.25, 0.3) is 0 Å². The van der Waals surface area contributed by atoms with Gasteiger partial charge < -0.3 is 9.73 Å². The molecule has 0 aliphatic heterocycles. The van der Waals surface area contributed by atoms with Crippen LogP contribution >= 0.6 is 11.3 Å². The fraction of sp³-hybridized carbons (Fsp3) is 0.429. The lowest BCUT2D eigenvalue weighted by atomic mass is 10.3. The van der Waals surface area contributed by atoms with Crippen molar-refractivity contribution in [2.24, 2.45) is 0 Å². The summed E-state index contributed by atoms with van der Waals surface area (Å²) >= 11 is 1.53. The maximum atomic E-state index is 12.4. The number of sulfonamides is 1. The summed E-state index contributed by atoms with van der Waals surface area (Å²) in [6, 6.07) is 7.34. The molecule has 0 bridgehead atoms. The second-order valence-corrected chi connectivity index (χ2v) is 8.10. The highest BCUT2D eigenvalue weighted by atomic mass is 32.2. The largest absolute Gasteiger partial charge is 0.447 e. The SMILES string of the molecule is CC(C)NCc1ccc(S(=O)(=O)N(C)Cc2cccs2)o1. The van der Waals surface area contributed by atoms with E-state index in [-0.39, 0.29) is 5.09 Å². The van der Waals surface area contributed by atoms with Crippen LogP contribution in [-0.4, -0.2) is 25.8 Å². The molecule has 0 saturated heterocycles. The summed E-state index contributed by atoms with van der Waals surface area (Å²) in [4.78, 5) is 0.995. The van der Waals surface area contributed by atoms with Gasteiger partial charge in [-0.05, 0) is 23.6 Å². The highest BCUT2D eigenvalue weighted by molar-refractivity contribution is 7.88. The highest BCUT2D eigenvalue weighted by Crippen LogP contribution is 2.21. The number of hydrogen-bond acceptors (Lipinski definition) is 5. The van der Waals surface area contributed by atoms with Crippen LogP contribution in [0.3, 0.4) is 0 Å². The Morgan fingerprint density at radius 2 is 2.10 bits per heavy atom.